The molecule has 18 heavy (non-hydrogen) atoms. The van der Waals surface area contributed by atoms with Crippen molar-refractivity contribution in [2.75, 3.05) is 34.0 Å². The van der Waals surface area contributed by atoms with Crippen molar-refractivity contribution < 1.29 is 9.47 Å². The van der Waals surface area contributed by atoms with Gasteiger partial charge in [0.25, 0.3) is 0 Å². The van der Waals surface area contributed by atoms with Crippen LogP contribution in [0.4, 0.5) is 0 Å². The van der Waals surface area contributed by atoms with Gasteiger partial charge in [-0.1, -0.05) is 0 Å². The largest absolute Gasteiger partial charge is 0.382 e. The first kappa shape index (κ1) is 15.1. The highest BCUT2D eigenvalue weighted by Gasteiger charge is 2.11. The molecular formula is C12H24N4O2. The average Bonchev–Trinajstić information content (AvgIpc) is 2.84. The zero-order valence-electron chi connectivity index (χ0n) is 11.6. The molecule has 0 fully saturated rings. The third kappa shape index (κ3) is 5.12. The number of nitrogens with zero attached hydrogens (tertiary/aromatic N) is 3. The van der Waals surface area contributed by atoms with Crippen molar-refractivity contribution in [1.82, 2.24) is 20.1 Å². The molecule has 0 saturated heterocycles. The number of rotatable bonds is 10. The Morgan fingerprint density at radius 1 is 1.39 bits per heavy atom. The number of ether oxygens (including phenoxy) is 2. The first-order valence-corrected chi connectivity index (χ1v) is 6.42. The number of aryl methyl sites for hydroxylation is 1. The Morgan fingerprint density at radius 3 is 2.89 bits per heavy atom. The van der Waals surface area contributed by atoms with E-state index >= 15 is 0 Å². The van der Waals surface area contributed by atoms with Crippen LogP contribution in [0.2, 0.25) is 0 Å². The Labute approximate surface area is 109 Å². The van der Waals surface area contributed by atoms with Gasteiger partial charge in [0.2, 0.25) is 0 Å². The van der Waals surface area contributed by atoms with E-state index in [1.54, 1.807) is 13.4 Å². The molecule has 6 nitrogen and oxygen atoms in total. The molecule has 0 saturated carbocycles. The van der Waals surface area contributed by atoms with E-state index in [9.17, 15) is 0 Å². The van der Waals surface area contributed by atoms with Gasteiger partial charge in [0, 0.05) is 32.7 Å². The quantitative estimate of drug-likeness (QED) is 0.617. The smallest absolute Gasteiger partial charge is 0.138 e. The minimum absolute atomic E-state index is 0.363. The molecule has 104 valence electrons. The predicted octanol–water partition coefficient (Wildman–Crippen LogP) is 0.482. The van der Waals surface area contributed by atoms with E-state index in [0.29, 0.717) is 19.3 Å². The highest BCUT2D eigenvalue weighted by molar-refractivity contribution is 4.89. The van der Waals surface area contributed by atoms with Crippen LogP contribution in [0.25, 0.3) is 0 Å². The normalized spacial score (nSPS) is 12.8. The fourth-order valence-electron chi connectivity index (χ4n) is 1.75. The number of methoxy groups -OCH3 is 1. The van der Waals surface area contributed by atoms with E-state index in [1.165, 1.54) is 0 Å². The van der Waals surface area contributed by atoms with Gasteiger partial charge < -0.3 is 14.8 Å². The summed E-state index contributed by atoms with van der Waals surface area (Å²) >= 11 is 0. The van der Waals surface area contributed by atoms with Crippen LogP contribution < -0.4 is 5.32 Å². The van der Waals surface area contributed by atoms with Gasteiger partial charge in [0.05, 0.1) is 13.2 Å². The number of hydrogen-bond donors (Lipinski definition) is 1. The van der Waals surface area contributed by atoms with E-state index in [-0.39, 0.29) is 0 Å². The molecule has 0 aromatic carbocycles. The zero-order chi connectivity index (χ0) is 13.2. The third-order valence-corrected chi connectivity index (χ3v) is 2.87. The molecule has 1 atom stereocenters. The summed E-state index contributed by atoms with van der Waals surface area (Å²) in [6.45, 7) is 4.96. The second-order valence-corrected chi connectivity index (χ2v) is 4.08. The van der Waals surface area contributed by atoms with Gasteiger partial charge in [0.1, 0.15) is 12.2 Å². The second-order valence-electron chi connectivity index (χ2n) is 4.08. The van der Waals surface area contributed by atoms with Crippen molar-refractivity contribution in [3.05, 3.63) is 12.2 Å². The van der Waals surface area contributed by atoms with Crippen molar-refractivity contribution in [1.29, 1.82) is 0 Å². The van der Waals surface area contributed by atoms with Crippen LogP contribution in [0.3, 0.4) is 0 Å². The molecule has 0 spiro atoms. The molecule has 0 amide bonds. The molecule has 1 unspecified atom stereocenters. The Kier molecular flexibility index (Phi) is 7.55. The van der Waals surface area contributed by atoms with Crippen LogP contribution in [-0.4, -0.2) is 54.8 Å². The maximum atomic E-state index is 5.47. The predicted molar refractivity (Wildman–Crippen MR) is 69.6 cm³/mol. The SMILES string of the molecule is CCn1ncnc1CC(CCOCCOC)NC. The fraction of sp³-hybridized carbons (Fsp3) is 0.833. The number of nitrogens with one attached hydrogen (secondary N) is 1. The fourth-order valence-corrected chi connectivity index (χ4v) is 1.75. The number of hydrogen-bond acceptors (Lipinski definition) is 5. The minimum atomic E-state index is 0.363. The van der Waals surface area contributed by atoms with Crippen LogP contribution in [0.1, 0.15) is 19.2 Å². The minimum Gasteiger partial charge on any atom is -0.382 e. The van der Waals surface area contributed by atoms with Crippen molar-refractivity contribution >= 4 is 0 Å². The Bertz CT molecular complexity index is 317. The van der Waals surface area contributed by atoms with E-state index in [1.807, 2.05) is 11.7 Å². The maximum Gasteiger partial charge on any atom is 0.138 e. The van der Waals surface area contributed by atoms with Crippen LogP contribution in [-0.2, 0) is 22.4 Å². The summed E-state index contributed by atoms with van der Waals surface area (Å²) in [5.74, 6) is 1.02. The highest BCUT2D eigenvalue weighted by Crippen LogP contribution is 2.03. The van der Waals surface area contributed by atoms with Gasteiger partial charge in [-0.2, -0.15) is 5.10 Å². The van der Waals surface area contributed by atoms with Crippen molar-refractivity contribution in [2.45, 2.75) is 32.4 Å². The summed E-state index contributed by atoms with van der Waals surface area (Å²) in [5, 5.41) is 7.46. The van der Waals surface area contributed by atoms with Gasteiger partial charge in [-0.05, 0) is 20.4 Å². The Balaban J connectivity index is 2.29. The summed E-state index contributed by atoms with van der Waals surface area (Å²) in [6, 6.07) is 0.363. The standard InChI is InChI=1S/C12H24N4O2/c1-4-16-12(14-10-15-16)9-11(13-2)5-6-18-8-7-17-3/h10-11,13H,4-9H2,1-3H3. The molecule has 0 aliphatic rings. The second kappa shape index (κ2) is 9.02. The lowest BCUT2D eigenvalue weighted by Gasteiger charge is -2.15. The van der Waals surface area contributed by atoms with E-state index in [2.05, 4.69) is 22.3 Å². The van der Waals surface area contributed by atoms with Crippen molar-refractivity contribution in [3.63, 3.8) is 0 Å². The molecule has 0 bridgehead atoms. The lowest BCUT2D eigenvalue weighted by molar-refractivity contribution is 0.0660. The van der Waals surface area contributed by atoms with Crippen LogP contribution >= 0.6 is 0 Å². The zero-order valence-corrected chi connectivity index (χ0v) is 11.6. The first-order valence-electron chi connectivity index (χ1n) is 6.42. The van der Waals surface area contributed by atoms with E-state index in [4.69, 9.17) is 9.47 Å². The molecule has 1 aromatic rings. The van der Waals surface area contributed by atoms with E-state index in [0.717, 1.165) is 31.8 Å². The maximum absolute atomic E-state index is 5.47. The molecule has 1 heterocycles. The van der Waals surface area contributed by atoms with Gasteiger partial charge in [0.15, 0.2) is 0 Å². The van der Waals surface area contributed by atoms with Crippen LogP contribution in [0.15, 0.2) is 6.33 Å². The van der Waals surface area contributed by atoms with Crippen LogP contribution in [0.5, 0.6) is 0 Å². The Hall–Kier alpha value is -0.980. The van der Waals surface area contributed by atoms with Gasteiger partial charge >= 0.3 is 0 Å². The van der Waals surface area contributed by atoms with Gasteiger partial charge in [-0.3, -0.25) is 4.68 Å². The van der Waals surface area contributed by atoms with Gasteiger partial charge in [-0.25, -0.2) is 4.98 Å². The van der Waals surface area contributed by atoms with Crippen LogP contribution in [0, 0.1) is 0 Å². The molecular weight excluding hydrogens is 232 g/mol. The summed E-state index contributed by atoms with van der Waals surface area (Å²) < 4.78 is 12.3. The molecule has 1 rings (SSSR count). The number of likely N-dealkylation sites (N-methyl/N-ethyl adjacent to an activating group) is 1. The van der Waals surface area contributed by atoms with E-state index < -0.39 is 0 Å². The van der Waals surface area contributed by atoms with Crippen molar-refractivity contribution in [3.8, 4) is 0 Å². The molecule has 1 N–H and O–H groups in total. The van der Waals surface area contributed by atoms with Crippen molar-refractivity contribution in [2.24, 2.45) is 0 Å². The monoisotopic (exact) mass is 256 g/mol. The summed E-state index contributed by atoms with van der Waals surface area (Å²) in [4.78, 5) is 4.28. The van der Waals surface area contributed by atoms with Gasteiger partial charge in [-0.15, -0.1) is 0 Å². The first-order chi connectivity index (χ1) is 8.81. The molecule has 0 radical (unpaired) electrons. The summed E-state index contributed by atoms with van der Waals surface area (Å²) in [5.41, 5.74) is 0. The lowest BCUT2D eigenvalue weighted by atomic mass is 10.1. The lowest BCUT2D eigenvalue weighted by Crippen LogP contribution is -2.30. The number of aromatic nitrogens is 3. The summed E-state index contributed by atoms with van der Waals surface area (Å²) in [7, 11) is 3.64. The Morgan fingerprint density at radius 2 is 2.22 bits per heavy atom. The molecule has 0 aliphatic heterocycles. The molecule has 6 heteroatoms. The average molecular weight is 256 g/mol. The third-order valence-electron chi connectivity index (χ3n) is 2.87. The molecule has 1 aromatic heterocycles. The topological polar surface area (TPSA) is 61.2 Å². The summed E-state index contributed by atoms with van der Waals surface area (Å²) in [6.07, 6.45) is 3.44. The highest BCUT2D eigenvalue weighted by atomic mass is 16.5. The molecule has 0 aliphatic carbocycles.